The fourth-order valence-corrected chi connectivity index (χ4v) is 1.90. The minimum atomic E-state index is -0.704. The highest BCUT2D eigenvalue weighted by Crippen LogP contribution is 2.13. The lowest BCUT2D eigenvalue weighted by molar-refractivity contribution is -0.384. The molecule has 0 unspecified atom stereocenters. The Morgan fingerprint density at radius 1 is 1.13 bits per heavy atom. The predicted molar refractivity (Wildman–Crippen MR) is 89.0 cm³/mol. The van der Waals surface area contributed by atoms with Crippen LogP contribution in [0.5, 0.6) is 5.75 Å². The Morgan fingerprint density at radius 3 is 2.30 bits per heavy atom. The molecule has 0 aliphatic carbocycles. The first kappa shape index (κ1) is 18.6. The average Bonchev–Trinajstić information content (AvgIpc) is 2.54. The van der Waals surface area contributed by atoms with E-state index < -0.39 is 11.0 Å². The molecule has 122 valence electrons. The van der Waals surface area contributed by atoms with Gasteiger partial charge in [-0.2, -0.15) is 0 Å². The number of halogens is 1. The third kappa shape index (κ3) is 5.69. The summed E-state index contributed by atoms with van der Waals surface area (Å²) in [6.07, 6.45) is 0.314. The maximum Gasteiger partial charge on any atom is 0.269 e. The van der Waals surface area contributed by atoms with Crippen LogP contribution in [-0.4, -0.2) is 23.4 Å². The van der Waals surface area contributed by atoms with E-state index in [1.54, 1.807) is 24.3 Å². The number of carbonyl (C=O) groups excluding carboxylic acids is 1. The lowest BCUT2D eigenvalue weighted by Gasteiger charge is -2.11. The van der Waals surface area contributed by atoms with Gasteiger partial charge in [-0.3, -0.25) is 14.9 Å². The predicted octanol–water partition coefficient (Wildman–Crippen LogP) is 2.53. The van der Waals surface area contributed by atoms with Crippen LogP contribution in [0.1, 0.15) is 5.56 Å². The minimum absolute atomic E-state index is 0. The largest absolute Gasteiger partial charge is 0.486 e. The molecule has 0 aliphatic rings. The smallest absolute Gasteiger partial charge is 0.269 e. The van der Waals surface area contributed by atoms with Crippen LogP contribution in [0.4, 0.5) is 5.69 Å². The van der Waals surface area contributed by atoms with E-state index in [2.05, 4.69) is 0 Å². The second kappa shape index (κ2) is 8.87. The average molecular weight is 337 g/mol. The van der Waals surface area contributed by atoms with Crippen molar-refractivity contribution in [2.45, 2.75) is 12.5 Å². The SMILES string of the molecule is Cl.N[C@@H](Cc1ccc([N+](=O)[O-])cc1)C(=O)COc1ccccc1. The molecule has 23 heavy (non-hydrogen) atoms. The lowest BCUT2D eigenvalue weighted by atomic mass is 10.0. The number of nitro groups is 1. The van der Waals surface area contributed by atoms with Crippen LogP contribution in [0.2, 0.25) is 0 Å². The maximum atomic E-state index is 11.9. The van der Waals surface area contributed by atoms with Crippen molar-refractivity contribution in [2.75, 3.05) is 6.61 Å². The van der Waals surface area contributed by atoms with Gasteiger partial charge in [0.15, 0.2) is 5.78 Å². The molecule has 0 bridgehead atoms. The van der Waals surface area contributed by atoms with Crippen molar-refractivity contribution >= 4 is 23.9 Å². The number of nitrogens with two attached hydrogens (primary N) is 1. The Bertz CT molecular complexity index is 647. The number of hydrogen-bond acceptors (Lipinski definition) is 5. The Morgan fingerprint density at radius 2 is 1.74 bits per heavy atom. The highest BCUT2D eigenvalue weighted by atomic mass is 35.5. The number of ether oxygens (including phenoxy) is 1. The van der Waals surface area contributed by atoms with Gasteiger partial charge in [0, 0.05) is 12.1 Å². The number of rotatable bonds is 7. The van der Waals surface area contributed by atoms with E-state index in [0.29, 0.717) is 12.2 Å². The molecule has 2 aromatic carbocycles. The molecule has 0 spiro atoms. The molecule has 0 saturated carbocycles. The number of hydrogen-bond donors (Lipinski definition) is 1. The summed E-state index contributed by atoms with van der Waals surface area (Å²) < 4.78 is 5.36. The van der Waals surface area contributed by atoms with Gasteiger partial charge in [0.05, 0.1) is 11.0 Å². The molecular weight excluding hydrogens is 320 g/mol. The fraction of sp³-hybridized carbons (Fsp3) is 0.188. The Hall–Kier alpha value is -2.44. The van der Waals surface area contributed by atoms with Gasteiger partial charge < -0.3 is 10.5 Å². The summed E-state index contributed by atoms with van der Waals surface area (Å²) in [5.41, 5.74) is 6.63. The van der Waals surface area contributed by atoms with Crippen LogP contribution < -0.4 is 10.5 Å². The first-order valence-corrected chi connectivity index (χ1v) is 6.76. The molecule has 0 aliphatic heterocycles. The summed E-state index contributed by atoms with van der Waals surface area (Å²) in [5.74, 6) is 0.389. The first-order chi connectivity index (χ1) is 10.6. The van der Waals surface area contributed by atoms with Crippen LogP contribution in [0.3, 0.4) is 0 Å². The number of Topliss-reactive ketones (excluding diaryl/α,β-unsaturated/α-hetero) is 1. The molecule has 2 aromatic rings. The Labute approximate surface area is 139 Å². The summed E-state index contributed by atoms with van der Waals surface area (Å²) in [6, 6.07) is 14.3. The number of benzene rings is 2. The number of para-hydroxylation sites is 1. The van der Waals surface area contributed by atoms with Crippen LogP contribution in [0, 0.1) is 10.1 Å². The number of non-ortho nitro benzene ring substituents is 1. The number of nitrogens with zero attached hydrogens (tertiary/aromatic N) is 1. The van der Waals surface area contributed by atoms with E-state index in [1.807, 2.05) is 18.2 Å². The van der Waals surface area contributed by atoms with Gasteiger partial charge in [-0.15, -0.1) is 12.4 Å². The highest BCUT2D eigenvalue weighted by Gasteiger charge is 2.15. The van der Waals surface area contributed by atoms with E-state index in [1.165, 1.54) is 12.1 Å². The molecule has 0 fully saturated rings. The summed E-state index contributed by atoms with van der Waals surface area (Å²) >= 11 is 0. The molecule has 0 amide bonds. The van der Waals surface area contributed by atoms with E-state index >= 15 is 0 Å². The van der Waals surface area contributed by atoms with Crippen molar-refractivity contribution in [2.24, 2.45) is 5.73 Å². The number of nitro benzene ring substituents is 1. The Kier molecular flexibility index (Phi) is 7.18. The molecule has 7 heteroatoms. The molecule has 2 N–H and O–H groups in total. The third-order valence-electron chi connectivity index (χ3n) is 3.14. The minimum Gasteiger partial charge on any atom is -0.486 e. The lowest BCUT2D eigenvalue weighted by Crippen LogP contribution is -2.36. The van der Waals surface area contributed by atoms with E-state index in [-0.39, 0.29) is 30.5 Å². The second-order valence-corrected chi connectivity index (χ2v) is 4.80. The molecule has 6 nitrogen and oxygen atoms in total. The fourth-order valence-electron chi connectivity index (χ4n) is 1.90. The maximum absolute atomic E-state index is 11.9. The van der Waals surface area contributed by atoms with Crippen molar-refractivity contribution in [3.63, 3.8) is 0 Å². The Balaban J connectivity index is 0.00000264. The van der Waals surface area contributed by atoms with Crippen molar-refractivity contribution in [1.82, 2.24) is 0 Å². The summed E-state index contributed by atoms with van der Waals surface area (Å²) in [4.78, 5) is 22.0. The van der Waals surface area contributed by atoms with E-state index in [4.69, 9.17) is 10.5 Å². The third-order valence-corrected chi connectivity index (χ3v) is 3.14. The standard InChI is InChI=1S/C16H16N2O4.ClH/c17-15(10-12-6-8-13(9-7-12)18(20)21)16(19)11-22-14-4-2-1-3-5-14;/h1-9,15H,10-11,17H2;1H/t15-;/m0./s1. The van der Waals surface area contributed by atoms with Gasteiger partial charge in [0.25, 0.3) is 5.69 Å². The molecular formula is C16H17ClN2O4. The zero-order chi connectivity index (χ0) is 15.9. The van der Waals surface area contributed by atoms with E-state index in [9.17, 15) is 14.9 Å². The molecule has 1 atom stereocenters. The zero-order valence-electron chi connectivity index (χ0n) is 12.3. The van der Waals surface area contributed by atoms with Gasteiger partial charge in [-0.05, 0) is 24.1 Å². The number of ketones is 1. The zero-order valence-corrected chi connectivity index (χ0v) is 13.1. The summed E-state index contributed by atoms with van der Waals surface area (Å²) in [6.45, 7) is -0.0990. The van der Waals surface area contributed by atoms with Crippen LogP contribution in [-0.2, 0) is 11.2 Å². The van der Waals surface area contributed by atoms with Gasteiger partial charge in [0.1, 0.15) is 12.4 Å². The normalized spacial score (nSPS) is 11.2. The first-order valence-electron chi connectivity index (χ1n) is 6.76. The summed E-state index contributed by atoms with van der Waals surface area (Å²) in [7, 11) is 0. The van der Waals surface area contributed by atoms with Gasteiger partial charge in [-0.1, -0.05) is 30.3 Å². The topological polar surface area (TPSA) is 95.5 Å². The van der Waals surface area contributed by atoms with Crippen LogP contribution >= 0.6 is 12.4 Å². The molecule has 0 heterocycles. The van der Waals surface area contributed by atoms with Crippen molar-refractivity contribution in [3.05, 3.63) is 70.3 Å². The monoisotopic (exact) mass is 336 g/mol. The molecule has 0 aromatic heterocycles. The van der Waals surface area contributed by atoms with Crippen molar-refractivity contribution < 1.29 is 14.5 Å². The summed E-state index contributed by atoms with van der Waals surface area (Å²) in [5, 5.41) is 10.6. The van der Waals surface area contributed by atoms with Crippen LogP contribution in [0.25, 0.3) is 0 Å². The van der Waals surface area contributed by atoms with Crippen molar-refractivity contribution in [1.29, 1.82) is 0 Å². The number of carbonyl (C=O) groups is 1. The molecule has 0 saturated heterocycles. The van der Waals surface area contributed by atoms with E-state index in [0.717, 1.165) is 5.56 Å². The highest BCUT2D eigenvalue weighted by molar-refractivity contribution is 5.85. The molecule has 2 rings (SSSR count). The van der Waals surface area contributed by atoms with Gasteiger partial charge >= 0.3 is 0 Å². The van der Waals surface area contributed by atoms with Gasteiger partial charge in [0.2, 0.25) is 0 Å². The second-order valence-electron chi connectivity index (χ2n) is 4.80. The van der Waals surface area contributed by atoms with Crippen molar-refractivity contribution in [3.8, 4) is 5.75 Å². The molecule has 0 radical (unpaired) electrons. The van der Waals surface area contributed by atoms with Crippen LogP contribution in [0.15, 0.2) is 54.6 Å². The van der Waals surface area contributed by atoms with Gasteiger partial charge in [-0.25, -0.2) is 0 Å². The quantitative estimate of drug-likeness (QED) is 0.619.